The average Bonchev–Trinajstić information content (AvgIpc) is 3.03. The number of primary amides is 1. The number of thiazole rings is 1. The van der Waals surface area contributed by atoms with Crippen molar-refractivity contribution < 1.29 is 14.5 Å². The number of quaternary nitrogens is 1. The number of hydrogen-bond acceptors (Lipinski definition) is 4. The van der Waals surface area contributed by atoms with Crippen molar-refractivity contribution in [3.63, 3.8) is 0 Å². The van der Waals surface area contributed by atoms with Crippen molar-refractivity contribution in [1.82, 2.24) is 4.98 Å². The van der Waals surface area contributed by atoms with Gasteiger partial charge in [0, 0.05) is 12.3 Å². The number of anilines is 2. The first-order valence-corrected chi connectivity index (χ1v) is 9.35. The number of aromatic nitrogens is 1. The van der Waals surface area contributed by atoms with Crippen molar-refractivity contribution in [3.8, 4) is 0 Å². The number of carbonyl (C=O) groups excluding carboxylic acids is 2. The SMILES string of the molecule is CC(=O)N(c1ccccc1)c1nc(C[NH+]2CCC[C@H](C(N)=O)C2)cs1. The molecule has 1 saturated heterocycles. The molecule has 132 valence electrons. The van der Waals surface area contributed by atoms with Gasteiger partial charge >= 0.3 is 0 Å². The fourth-order valence-electron chi connectivity index (χ4n) is 3.29. The van der Waals surface area contributed by atoms with Gasteiger partial charge in [-0.15, -0.1) is 11.3 Å². The van der Waals surface area contributed by atoms with E-state index in [0.29, 0.717) is 5.13 Å². The summed E-state index contributed by atoms with van der Waals surface area (Å²) >= 11 is 1.47. The van der Waals surface area contributed by atoms with E-state index in [4.69, 9.17) is 5.73 Å². The van der Waals surface area contributed by atoms with Gasteiger partial charge in [0.25, 0.3) is 0 Å². The Labute approximate surface area is 151 Å². The number of nitrogens with two attached hydrogens (primary N) is 1. The van der Waals surface area contributed by atoms with Gasteiger partial charge in [0.1, 0.15) is 12.2 Å². The summed E-state index contributed by atoms with van der Waals surface area (Å²) in [5.41, 5.74) is 7.22. The molecule has 25 heavy (non-hydrogen) atoms. The molecule has 3 rings (SSSR count). The van der Waals surface area contributed by atoms with Crippen LogP contribution in [0.15, 0.2) is 35.7 Å². The highest BCUT2D eigenvalue weighted by Gasteiger charge is 2.28. The van der Waals surface area contributed by atoms with Crippen LogP contribution in [-0.4, -0.2) is 29.9 Å². The summed E-state index contributed by atoms with van der Waals surface area (Å²) in [5, 5.41) is 2.67. The van der Waals surface area contributed by atoms with Crippen LogP contribution in [0.2, 0.25) is 0 Å². The molecule has 1 aromatic heterocycles. The van der Waals surface area contributed by atoms with Gasteiger partial charge in [-0.05, 0) is 25.0 Å². The van der Waals surface area contributed by atoms with Crippen molar-refractivity contribution in [2.75, 3.05) is 18.0 Å². The molecule has 0 saturated carbocycles. The van der Waals surface area contributed by atoms with E-state index >= 15 is 0 Å². The smallest absolute Gasteiger partial charge is 0.230 e. The summed E-state index contributed by atoms with van der Waals surface area (Å²) in [7, 11) is 0. The van der Waals surface area contributed by atoms with Gasteiger partial charge in [-0.2, -0.15) is 0 Å². The Morgan fingerprint density at radius 2 is 2.12 bits per heavy atom. The maximum atomic E-state index is 12.1. The molecule has 2 atom stereocenters. The number of piperidine rings is 1. The third-order valence-electron chi connectivity index (χ3n) is 4.51. The number of nitrogens with zero attached hydrogens (tertiary/aromatic N) is 2. The van der Waals surface area contributed by atoms with Crippen molar-refractivity contribution >= 4 is 34.0 Å². The monoisotopic (exact) mass is 359 g/mol. The standard InChI is InChI=1S/C18H22N4O2S/c1-13(23)22(16-7-3-2-4-8-16)18-20-15(12-25-18)11-21-9-5-6-14(10-21)17(19)24/h2-4,7-8,12,14H,5-6,9-11H2,1H3,(H2,19,24)/p+1/t14-/m0/s1. The van der Waals surface area contributed by atoms with Gasteiger partial charge in [0.2, 0.25) is 11.8 Å². The lowest BCUT2D eigenvalue weighted by molar-refractivity contribution is -0.921. The number of carbonyl (C=O) groups is 2. The normalized spacial score (nSPS) is 20.2. The van der Waals surface area contributed by atoms with E-state index in [-0.39, 0.29) is 17.7 Å². The number of likely N-dealkylation sites (tertiary alicyclic amines) is 1. The predicted octanol–water partition coefficient (Wildman–Crippen LogP) is 1.11. The molecule has 1 aliphatic rings. The lowest BCUT2D eigenvalue weighted by atomic mass is 9.97. The first-order valence-electron chi connectivity index (χ1n) is 8.47. The van der Waals surface area contributed by atoms with E-state index in [9.17, 15) is 9.59 Å². The minimum absolute atomic E-state index is 0.0418. The highest BCUT2D eigenvalue weighted by Crippen LogP contribution is 2.28. The second kappa shape index (κ2) is 7.76. The number of benzene rings is 1. The van der Waals surface area contributed by atoms with Crippen molar-refractivity contribution in [2.45, 2.75) is 26.3 Å². The van der Waals surface area contributed by atoms with Crippen molar-refractivity contribution in [2.24, 2.45) is 11.7 Å². The summed E-state index contributed by atoms with van der Waals surface area (Å²) in [5.74, 6) is -0.311. The molecular formula is C18H23N4O2S+. The zero-order valence-electron chi connectivity index (χ0n) is 14.3. The maximum Gasteiger partial charge on any atom is 0.230 e. The molecule has 2 aromatic rings. The first kappa shape index (κ1) is 17.6. The molecule has 3 N–H and O–H groups in total. The van der Waals surface area contributed by atoms with Crippen LogP contribution in [0.4, 0.5) is 10.8 Å². The molecule has 1 fully saturated rings. The Kier molecular flexibility index (Phi) is 5.45. The Hall–Kier alpha value is -2.25. The second-order valence-electron chi connectivity index (χ2n) is 6.43. The molecule has 2 heterocycles. The number of hydrogen-bond donors (Lipinski definition) is 2. The predicted molar refractivity (Wildman–Crippen MR) is 97.7 cm³/mol. The van der Waals surface area contributed by atoms with Crippen LogP contribution >= 0.6 is 11.3 Å². The number of para-hydroxylation sites is 1. The fourth-order valence-corrected chi connectivity index (χ4v) is 4.18. The summed E-state index contributed by atoms with van der Waals surface area (Å²) in [6.45, 7) is 4.07. The van der Waals surface area contributed by atoms with E-state index in [1.165, 1.54) is 16.2 Å². The maximum absolute atomic E-state index is 12.1. The molecule has 1 aromatic carbocycles. The second-order valence-corrected chi connectivity index (χ2v) is 7.27. The van der Waals surface area contributed by atoms with Crippen LogP contribution in [0.3, 0.4) is 0 Å². The molecule has 0 radical (unpaired) electrons. The topological polar surface area (TPSA) is 80.7 Å². The Morgan fingerprint density at radius 1 is 1.36 bits per heavy atom. The van der Waals surface area contributed by atoms with E-state index in [0.717, 1.165) is 43.9 Å². The van der Waals surface area contributed by atoms with Crippen LogP contribution in [0.1, 0.15) is 25.5 Å². The van der Waals surface area contributed by atoms with Crippen LogP contribution in [0, 0.1) is 5.92 Å². The zero-order chi connectivity index (χ0) is 17.8. The lowest BCUT2D eigenvalue weighted by Gasteiger charge is -2.27. The van der Waals surface area contributed by atoms with Crippen molar-refractivity contribution in [1.29, 1.82) is 0 Å². The zero-order valence-corrected chi connectivity index (χ0v) is 15.1. The quantitative estimate of drug-likeness (QED) is 0.839. The highest BCUT2D eigenvalue weighted by molar-refractivity contribution is 7.14. The Bertz CT molecular complexity index is 747. The summed E-state index contributed by atoms with van der Waals surface area (Å²) in [4.78, 5) is 31.1. The van der Waals surface area contributed by atoms with Gasteiger partial charge in [-0.3, -0.25) is 14.5 Å². The summed E-state index contributed by atoms with van der Waals surface area (Å²) in [6.07, 6.45) is 1.89. The minimum Gasteiger partial charge on any atom is -0.369 e. The van der Waals surface area contributed by atoms with E-state index in [2.05, 4.69) is 4.98 Å². The third-order valence-corrected chi connectivity index (χ3v) is 5.39. The van der Waals surface area contributed by atoms with Gasteiger partial charge in [0.05, 0.1) is 24.7 Å². The Balaban J connectivity index is 1.73. The Morgan fingerprint density at radius 3 is 2.80 bits per heavy atom. The summed E-state index contributed by atoms with van der Waals surface area (Å²) < 4.78 is 0. The number of nitrogens with one attached hydrogen (secondary N) is 1. The fraction of sp³-hybridized carbons (Fsp3) is 0.389. The van der Waals surface area contributed by atoms with Gasteiger partial charge in [-0.25, -0.2) is 4.98 Å². The molecule has 7 heteroatoms. The molecule has 1 unspecified atom stereocenters. The van der Waals surface area contributed by atoms with E-state index < -0.39 is 0 Å². The average molecular weight is 359 g/mol. The minimum atomic E-state index is -0.206. The molecule has 2 amide bonds. The molecule has 0 bridgehead atoms. The highest BCUT2D eigenvalue weighted by atomic mass is 32.1. The molecule has 0 spiro atoms. The molecule has 0 aliphatic carbocycles. The lowest BCUT2D eigenvalue weighted by Crippen LogP contribution is -3.12. The largest absolute Gasteiger partial charge is 0.369 e. The van der Waals surface area contributed by atoms with Crippen LogP contribution in [0.5, 0.6) is 0 Å². The van der Waals surface area contributed by atoms with Gasteiger partial charge < -0.3 is 10.6 Å². The summed E-state index contributed by atoms with van der Waals surface area (Å²) in [6, 6.07) is 9.53. The van der Waals surface area contributed by atoms with Gasteiger partial charge in [-0.1, -0.05) is 18.2 Å². The number of amides is 2. The van der Waals surface area contributed by atoms with E-state index in [1.807, 2.05) is 35.7 Å². The van der Waals surface area contributed by atoms with Gasteiger partial charge in [0.15, 0.2) is 5.13 Å². The molecule has 6 nitrogen and oxygen atoms in total. The molecule has 1 aliphatic heterocycles. The van der Waals surface area contributed by atoms with Crippen molar-refractivity contribution in [3.05, 3.63) is 41.4 Å². The van der Waals surface area contributed by atoms with Crippen LogP contribution in [-0.2, 0) is 16.1 Å². The van der Waals surface area contributed by atoms with Crippen LogP contribution in [0.25, 0.3) is 0 Å². The van der Waals surface area contributed by atoms with Crippen LogP contribution < -0.4 is 15.5 Å². The number of rotatable bonds is 5. The first-order chi connectivity index (χ1) is 12.0. The third kappa shape index (κ3) is 4.24. The van der Waals surface area contributed by atoms with E-state index in [1.54, 1.807) is 11.8 Å². The molecular weight excluding hydrogens is 336 g/mol.